The summed E-state index contributed by atoms with van der Waals surface area (Å²) in [7, 11) is 0. The van der Waals surface area contributed by atoms with Crippen molar-refractivity contribution in [3.05, 3.63) is 102 Å². The summed E-state index contributed by atoms with van der Waals surface area (Å²) in [6.45, 7) is 2.10. The zero-order valence-corrected chi connectivity index (χ0v) is 18.7. The van der Waals surface area contributed by atoms with Gasteiger partial charge in [-0.15, -0.1) is 0 Å². The van der Waals surface area contributed by atoms with E-state index in [2.05, 4.69) is 85.8 Å². The lowest BCUT2D eigenvalue weighted by Crippen LogP contribution is -2.43. The summed E-state index contributed by atoms with van der Waals surface area (Å²) >= 11 is 0. The molecule has 2 heterocycles. The predicted octanol–water partition coefficient (Wildman–Crippen LogP) is 6.38. The summed E-state index contributed by atoms with van der Waals surface area (Å²) in [4.78, 5) is 4.71. The van der Waals surface area contributed by atoms with E-state index in [0.29, 0.717) is 0 Å². The third kappa shape index (κ3) is 3.35. The lowest BCUT2D eigenvalue weighted by Gasteiger charge is -2.40. The largest absolute Gasteiger partial charge is 0.321 e. The van der Waals surface area contributed by atoms with E-state index in [0.717, 1.165) is 52.1 Å². The smallest absolute Gasteiger partial charge is 0.154 e. The maximum absolute atomic E-state index is 6.83. The first-order valence-electron chi connectivity index (χ1n) is 11.5. The summed E-state index contributed by atoms with van der Waals surface area (Å²) in [6, 6.07) is 29.6. The molecular formula is C29H26N4. The fourth-order valence-corrected chi connectivity index (χ4v) is 4.82. The minimum atomic E-state index is -0.282. The van der Waals surface area contributed by atoms with Gasteiger partial charge in [-0.3, -0.25) is 0 Å². The minimum Gasteiger partial charge on any atom is -0.321 e. The van der Waals surface area contributed by atoms with Crippen LogP contribution in [0, 0.1) is 6.92 Å². The molecule has 0 aliphatic heterocycles. The Bertz CT molecular complexity index is 1440. The summed E-state index contributed by atoms with van der Waals surface area (Å²) < 4.78 is 1.97. The Morgan fingerprint density at radius 3 is 2.27 bits per heavy atom. The highest BCUT2D eigenvalue weighted by molar-refractivity contribution is 5.85. The average Bonchev–Trinajstić information content (AvgIpc) is 3.26. The van der Waals surface area contributed by atoms with Gasteiger partial charge in [0, 0.05) is 22.2 Å². The van der Waals surface area contributed by atoms with Crippen LogP contribution in [0.25, 0.3) is 39.3 Å². The summed E-state index contributed by atoms with van der Waals surface area (Å²) in [5, 5.41) is 5.21. The molecule has 33 heavy (non-hydrogen) atoms. The summed E-state index contributed by atoms with van der Waals surface area (Å²) in [5.41, 5.74) is 16.1. The van der Waals surface area contributed by atoms with Crippen LogP contribution in [-0.2, 0) is 5.54 Å². The van der Waals surface area contributed by atoms with Gasteiger partial charge >= 0.3 is 0 Å². The number of hydrogen-bond acceptors (Lipinski definition) is 3. The molecule has 1 saturated carbocycles. The zero-order valence-electron chi connectivity index (χ0n) is 18.7. The number of aryl methyl sites for hydroxylation is 1. The van der Waals surface area contributed by atoms with Gasteiger partial charge in [0.2, 0.25) is 0 Å². The molecule has 1 aliphatic carbocycles. The SMILES string of the molecule is Cc1ccc(-c2cnc3cc(-c4ccccc4)c(-c4ccccc4C4(N)CCC4)nn23)cc1. The minimum absolute atomic E-state index is 0.282. The van der Waals surface area contributed by atoms with Crippen LogP contribution >= 0.6 is 0 Å². The molecule has 0 atom stereocenters. The summed E-state index contributed by atoms with van der Waals surface area (Å²) in [5.74, 6) is 0. The normalized spacial score (nSPS) is 14.8. The summed E-state index contributed by atoms with van der Waals surface area (Å²) in [6.07, 6.45) is 5.09. The fourth-order valence-electron chi connectivity index (χ4n) is 4.82. The van der Waals surface area contributed by atoms with Crippen molar-refractivity contribution in [1.82, 2.24) is 14.6 Å². The second kappa shape index (κ2) is 7.68. The van der Waals surface area contributed by atoms with Crippen LogP contribution in [0.15, 0.2) is 91.1 Å². The number of nitrogens with zero attached hydrogens (tertiary/aromatic N) is 3. The Morgan fingerprint density at radius 1 is 0.818 bits per heavy atom. The monoisotopic (exact) mass is 430 g/mol. The van der Waals surface area contributed by atoms with E-state index in [9.17, 15) is 0 Å². The molecule has 5 aromatic rings. The van der Waals surface area contributed by atoms with Crippen molar-refractivity contribution in [2.45, 2.75) is 31.7 Å². The van der Waals surface area contributed by atoms with Gasteiger partial charge in [-0.1, -0.05) is 84.4 Å². The molecule has 3 aromatic carbocycles. The molecule has 0 bridgehead atoms. The van der Waals surface area contributed by atoms with Gasteiger partial charge in [0.1, 0.15) is 0 Å². The Balaban J connectivity index is 1.63. The quantitative estimate of drug-likeness (QED) is 0.360. The van der Waals surface area contributed by atoms with E-state index in [1.807, 2.05) is 16.8 Å². The Morgan fingerprint density at radius 2 is 1.55 bits per heavy atom. The first kappa shape index (κ1) is 19.9. The van der Waals surface area contributed by atoms with E-state index in [4.69, 9.17) is 15.8 Å². The van der Waals surface area contributed by atoms with Crippen molar-refractivity contribution in [1.29, 1.82) is 0 Å². The number of nitrogens with two attached hydrogens (primary N) is 1. The highest BCUT2D eigenvalue weighted by Crippen LogP contribution is 2.44. The molecule has 2 N–H and O–H groups in total. The Kier molecular flexibility index (Phi) is 4.63. The maximum Gasteiger partial charge on any atom is 0.154 e. The van der Waals surface area contributed by atoms with Crippen LogP contribution < -0.4 is 5.73 Å². The lowest BCUT2D eigenvalue weighted by atomic mass is 9.70. The van der Waals surface area contributed by atoms with Gasteiger partial charge in [-0.2, -0.15) is 5.10 Å². The molecule has 4 heteroatoms. The third-order valence-electron chi connectivity index (χ3n) is 6.89. The lowest BCUT2D eigenvalue weighted by molar-refractivity contribution is 0.254. The fraction of sp³-hybridized carbons (Fsp3) is 0.172. The van der Waals surface area contributed by atoms with Gasteiger partial charge < -0.3 is 5.73 Å². The molecule has 6 rings (SSSR count). The Labute approximate surface area is 193 Å². The van der Waals surface area contributed by atoms with Crippen LogP contribution in [-0.4, -0.2) is 14.6 Å². The molecule has 1 aliphatic rings. The molecular weight excluding hydrogens is 404 g/mol. The van der Waals surface area contributed by atoms with Crippen LogP contribution in [0.1, 0.15) is 30.4 Å². The molecule has 0 radical (unpaired) electrons. The van der Waals surface area contributed by atoms with Gasteiger partial charge in [0.15, 0.2) is 5.65 Å². The number of rotatable bonds is 4. The molecule has 0 saturated heterocycles. The zero-order chi connectivity index (χ0) is 22.4. The van der Waals surface area contributed by atoms with Crippen molar-refractivity contribution in [3.8, 4) is 33.6 Å². The van der Waals surface area contributed by atoms with Gasteiger partial charge in [0.05, 0.1) is 17.6 Å². The molecule has 0 spiro atoms. The second-order valence-corrected chi connectivity index (χ2v) is 9.11. The molecule has 1 fully saturated rings. The van der Waals surface area contributed by atoms with Gasteiger partial charge in [-0.25, -0.2) is 9.50 Å². The van der Waals surface area contributed by atoms with E-state index >= 15 is 0 Å². The maximum atomic E-state index is 6.83. The van der Waals surface area contributed by atoms with Crippen molar-refractivity contribution in [2.24, 2.45) is 5.73 Å². The number of hydrogen-bond donors (Lipinski definition) is 1. The van der Waals surface area contributed by atoms with E-state index < -0.39 is 0 Å². The van der Waals surface area contributed by atoms with Crippen molar-refractivity contribution in [2.75, 3.05) is 0 Å². The third-order valence-corrected chi connectivity index (χ3v) is 6.89. The first-order valence-corrected chi connectivity index (χ1v) is 11.5. The van der Waals surface area contributed by atoms with Gasteiger partial charge in [-0.05, 0) is 43.4 Å². The number of fused-ring (bicyclic) bond motifs is 1. The van der Waals surface area contributed by atoms with Crippen molar-refractivity contribution >= 4 is 5.65 Å². The topological polar surface area (TPSA) is 56.2 Å². The van der Waals surface area contributed by atoms with Crippen LogP contribution in [0.3, 0.4) is 0 Å². The highest BCUT2D eigenvalue weighted by atomic mass is 15.3. The van der Waals surface area contributed by atoms with Crippen molar-refractivity contribution in [3.63, 3.8) is 0 Å². The van der Waals surface area contributed by atoms with E-state index in [-0.39, 0.29) is 5.54 Å². The number of imidazole rings is 1. The molecule has 4 nitrogen and oxygen atoms in total. The van der Waals surface area contributed by atoms with Crippen LogP contribution in [0.5, 0.6) is 0 Å². The standard InChI is InChI=1S/C29H26N4/c1-20-12-14-22(15-13-20)26-19-31-27-18-24(21-8-3-2-4-9-21)28(32-33(26)27)23-10-5-6-11-25(23)29(30)16-7-17-29/h2-6,8-15,18-19H,7,16-17,30H2,1H3. The second-order valence-electron chi connectivity index (χ2n) is 9.11. The number of aromatic nitrogens is 3. The highest BCUT2D eigenvalue weighted by Gasteiger charge is 2.36. The number of benzene rings is 3. The van der Waals surface area contributed by atoms with E-state index in [1.54, 1.807) is 0 Å². The average molecular weight is 431 g/mol. The molecule has 0 amide bonds. The van der Waals surface area contributed by atoms with Gasteiger partial charge in [0.25, 0.3) is 0 Å². The predicted molar refractivity (Wildman–Crippen MR) is 134 cm³/mol. The van der Waals surface area contributed by atoms with Crippen LogP contribution in [0.4, 0.5) is 0 Å². The molecule has 0 unspecified atom stereocenters. The first-order chi connectivity index (χ1) is 16.1. The van der Waals surface area contributed by atoms with E-state index in [1.165, 1.54) is 17.5 Å². The molecule has 162 valence electrons. The van der Waals surface area contributed by atoms with Crippen LogP contribution in [0.2, 0.25) is 0 Å². The Hall–Kier alpha value is -3.76. The van der Waals surface area contributed by atoms with Crippen molar-refractivity contribution < 1.29 is 0 Å². The molecule has 2 aromatic heterocycles.